The molecule has 0 saturated heterocycles. The highest BCUT2D eigenvalue weighted by atomic mass is 16.3. The van der Waals surface area contributed by atoms with Crippen molar-refractivity contribution in [2.75, 3.05) is 0 Å². The van der Waals surface area contributed by atoms with Crippen LogP contribution in [0.3, 0.4) is 0 Å². The van der Waals surface area contributed by atoms with Crippen LogP contribution in [0.15, 0.2) is 10.5 Å². The maximum atomic E-state index is 11.7. The van der Waals surface area contributed by atoms with Crippen molar-refractivity contribution < 1.29 is 9.21 Å². The van der Waals surface area contributed by atoms with Gasteiger partial charge >= 0.3 is 0 Å². The predicted molar refractivity (Wildman–Crippen MR) is 52.0 cm³/mol. The smallest absolute Gasteiger partial charge is 0.169 e. The lowest BCUT2D eigenvalue weighted by atomic mass is 9.97. The number of hydrogen-bond acceptors (Lipinski definition) is 2. The Morgan fingerprint density at radius 1 is 1.54 bits per heavy atom. The largest absolute Gasteiger partial charge is 0.466 e. The fourth-order valence-corrected chi connectivity index (χ4v) is 1.33. The van der Waals surface area contributed by atoms with Gasteiger partial charge < -0.3 is 4.42 Å². The zero-order valence-electron chi connectivity index (χ0n) is 8.68. The Bertz CT molecular complexity index is 310. The molecule has 1 unspecified atom stereocenters. The molecule has 1 heterocycles. The lowest BCUT2D eigenvalue weighted by molar-refractivity contribution is 0.0925. The summed E-state index contributed by atoms with van der Waals surface area (Å²) in [6, 6.07) is 1.82. The summed E-state index contributed by atoms with van der Waals surface area (Å²) in [7, 11) is 0. The van der Waals surface area contributed by atoms with E-state index in [1.165, 1.54) is 0 Å². The molecule has 1 rings (SSSR count). The Labute approximate surface area is 78.9 Å². The van der Waals surface area contributed by atoms with Crippen molar-refractivity contribution in [1.29, 1.82) is 0 Å². The summed E-state index contributed by atoms with van der Waals surface area (Å²) in [6.07, 6.45) is 0.877. The molecule has 72 valence electrons. The highest BCUT2D eigenvalue weighted by molar-refractivity contribution is 5.98. The summed E-state index contributed by atoms with van der Waals surface area (Å²) >= 11 is 0. The molecule has 0 N–H and O–H groups in total. The Morgan fingerprint density at radius 3 is 2.54 bits per heavy atom. The number of ketones is 1. The van der Waals surface area contributed by atoms with Crippen LogP contribution in [-0.4, -0.2) is 5.78 Å². The number of carbonyl (C=O) groups is 1. The first kappa shape index (κ1) is 10.0. The maximum Gasteiger partial charge on any atom is 0.169 e. The summed E-state index contributed by atoms with van der Waals surface area (Å²) in [4.78, 5) is 11.7. The monoisotopic (exact) mass is 180 g/mol. The zero-order chi connectivity index (χ0) is 10.0. The molecule has 1 atom stereocenters. The molecule has 1 aromatic heterocycles. The lowest BCUT2D eigenvalue weighted by Crippen LogP contribution is -2.10. The fourth-order valence-electron chi connectivity index (χ4n) is 1.33. The van der Waals surface area contributed by atoms with Crippen LogP contribution in [0.1, 0.15) is 42.1 Å². The summed E-state index contributed by atoms with van der Waals surface area (Å²) in [5, 5.41) is 0. The van der Waals surface area contributed by atoms with Crippen LogP contribution < -0.4 is 0 Å². The molecule has 0 saturated carbocycles. The van der Waals surface area contributed by atoms with E-state index in [-0.39, 0.29) is 11.7 Å². The molecule has 0 radical (unpaired) electrons. The average Bonchev–Trinajstić information content (AvgIpc) is 2.42. The van der Waals surface area contributed by atoms with Crippen molar-refractivity contribution in [2.45, 2.75) is 34.1 Å². The molecule has 13 heavy (non-hydrogen) atoms. The quantitative estimate of drug-likeness (QED) is 0.669. The number of Topliss-reactive ketones (excluding diaryl/α,β-unsaturated/α-hetero) is 1. The van der Waals surface area contributed by atoms with Gasteiger partial charge in [0, 0.05) is 5.92 Å². The van der Waals surface area contributed by atoms with E-state index in [1.54, 1.807) is 0 Å². The van der Waals surface area contributed by atoms with E-state index in [4.69, 9.17) is 4.42 Å². The van der Waals surface area contributed by atoms with Crippen molar-refractivity contribution in [3.05, 3.63) is 23.2 Å². The minimum atomic E-state index is 0.0932. The minimum Gasteiger partial charge on any atom is -0.466 e. The van der Waals surface area contributed by atoms with Crippen molar-refractivity contribution in [1.82, 2.24) is 0 Å². The molecule has 1 aromatic rings. The topological polar surface area (TPSA) is 30.2 Å². The van der Waals surface area contributed by atoms with Crippen LogP contribution in [0.4, 0.5) is 0 Å². The number of rotatable bonds is 3. The normalized spacial score (nSPS) is 12.9. The van der Waals surface area contributed by atoms with Crippen molar-refractivity contribution >= 4 is 5.78 Å². The summed E-state index contributed by atoms with van der Waals surface area (Å²) in [6.45, 7) is 7.66. The van der Waals surface area contributed by atoms with Gasteiger partial charge in [0.15, 0.2) is 5.78 Å². The first-order chi connectivity index (χ1) is 6.06. The minimum absolute atomic E-state index is 0.0932. The average molecular weight is 180 g/mol. The van der Waals surface area contributed by atoms with Gasteiger partial charge in [0.25, 0.3) is 0 Å². The van der Waals surface area contributed by atoms with Gasteiger partial charge in [-0.3, -0.25) is 4.79 Å². The van der Waals surface area contributed by atoms with Gasteiger partial charge in [-0.05, 0) is 26.3 Å². The standard InChI is InChI=1S/C11H16O2/c1-5-7(2)11(12)10-6-8(3)13-9(10)4/h6-7H,5H2,1-4H3. The molecular formula is C11H16O2. The summed E-state index contributed by atoms with van der Waals surface area (Å²) in [5.74, 6) is 1.83. The second kappa shape index (κ2) is 3.77. The molecule has 0 aliphatic heterocycles. The van der Waals surface area contributed by atoms with E-state index in [2.05, 4.69) is 0 Å². The second-order valence-corrected chi connectivity index (χ2v) is 3.50. The highest BCUT2D eigenvalue weighted by Crippen LogP contribution is 2.18. The molecule has 0 fully saturated rings. The lowest BCUT2D eigenvalue weighted by Gasteiger charge is -2.04. The molecule has 0 aliphatic rings. The first-order valence-electron chi connectivity index (χ1n) is 4.67. The molecular weight excluding hydrogens is 164 g/mol. The van der Waals surface area contributed by atoms with E-state index in [0.717, 1.165) is 23.5 Å². The van der Waals surface area contributed by atoms with E-state index in [1.807, 2.05) is 33.8 Å². The molecule has 2 heteroatoms. The molecule has 0 aliphatic carbocycles. The van der Waals surface area contributed by atoms with Crippen molar-refractivity contribution in [2.24, 2.45) is 5.92 Å². The highest BCUT2D eigenvalue weighted by Gasteiger charge is 2.17. The van der Waals surface area contributed by atoms with Crippen LogP contribution in [0, 0.1) is 19.8 Å². The fraction of sp³-hybridized carbons (Fsp3) is 0.545. The molecule has 0 aromatic carbocycles. The molecule has 0 amide bonds. The first-order valence-corrected chi connectivity index (χ1v) is 4.67. The molecule has 0 spiro atoms. The zero-order valence-corrected chi connectivity index (χ0v) is 8.68. The van der Waals surface area contributed by atoms with Crippen molar-refractivity contribution in [3.63, 3.8) is 0 Å². The summed E-state index contributed by atoms with van der Waals surface area (Å²) < 4.78 is 5.31. The Kier molecular flexibility index (Phi) is 2.91. The van der Waals surface area contributed by atoms with Gasteiger partial charge in [0.1, 0.15) is 11.5 Å². The molecule has 2 nitrogen and oxygen atoms in total. The molecule has 0 bridgehead atoms. The van der Waals surface area contributed by atoms with E-state index < -0.39 is 0 Å². The third-order valence-corrected chi connectivity index (χ3v) is 2.37. The van der Waals surface area contributed by atoms with Crippen molar-refractivity contribution in [3.8, 4) is 0 Å². The second-order valence-electron chi connectivity index (χ2n) is 3.50. The van der Waals surface area contributed by atoms with Crippen LogP contribution in [0.25, 0.3) is 0 Å². The Morgan fingerprint density at radius 2 is 2.15 bits per heavy atom. The van der Waals surface area contributed by atoms with Crippen LogP contribution in [0.5, 0.6) is 0 Å². The number of carbonyl (C=O) groups excluding carboxylic acids is 1. The predicted octanol–water partition coefficient (Wildman–Crippen LogP) is 3.13. The Hall–Kier alpha value is -1.05. The maximum absolute atomic E-state index is 11.7. The van der Waals surface area contributed by atoms with Crippen LogP contribution >= 0.6 is 0 Å². The summed E-state index contributed by atoms with van der Waals surface area (Å²) in [5.41, 5.74) is 0.742. The third kappa shape index (κ3) is 2.00. The number of furan rings is 1. The van der Waals surface area contributed by atoms with E-state index in [9.17, 15) is 4.79 Å². The Balaban J connectivity index is 2.94. The van der Waals surface area contributed by atoms with Gasteiger partial charge in [-0.25, -0.2) is 0 Å². The van der Waals surface area contributed by atoms with E-state index >= 15 is 0 Å². The van der Waals surface area contributed by atoms with Crippen LogP contribution in [0.2, 0.25) is 0 Å². The number of hydrogen-bond donors (Lipinski definition) is 0. The SMILES string of the molecule is CCC(C)C(=O)c1cc(C)oc1C. The van der Waals surface area contributed by atoms with E-state index in [0.29, 0.717) is 0 Å². The van der Waals surface area contributed by atoms with Gasteiger partial charge in [0.2, 0.25) is 0 Å². The van der Waals surface area contributed by atoms with Gasteiger partial charge in [-0.1, -0.05) is 13.8 Å². The third-order valence-electron chi connectivity index (χ3n) is 2.37. The number of aryl methyl sites for hydroxylation is 2. The van der Waals surface area contributed by atoms with Gasteiger partial charge in [-0.2, -0.15) is 0 Å². The van der Waals surface area contributed by atoms with Gasteiger partial charge in [-0.15, -0.1) is 0 Å². The van der Waals surface area contributed by atoms with Gasteiger partial charge in [0.05, 0.1) is 5.56 Å². The van der Waals surface area contributed by atoms with Crippen LogP contribution in [-0.2, 0) is 0 Å².